The van der Waals surface area contributed by atoms with E-state index < -0.39 is 0 Å². The third-order valence-electron chi connectivity index (χ3n) is 9.00. The highest BCUT2D eigenvalue weighted by Crippen LogP contribution is 2.34. The van der Waals surface area contributed by atoms with Gasteiger partial charge in [0.1, 0.15) is 16.3 Å². The van der Waals surface area contributed by atoms with Gasteiger partial charge in [-0.25, -0.2) is 0 Å². The predicted molar refractivity (Wildman–Crippen MR) is 191 cm³/mol. The van der Waals surface area contributed by atoms with E-state index in [1.54, 1.807) is 18.3 Å². The van der Waals surface area contributed by atoms with Gasteiger partial charge in [-0.3, -0.25) is 19.3 Å². The second-order valence-corrected chi connectivity index (χ2v) is 13.5. The van der Waals surface area contributed by atoms with Crippen LogP contribution in [0.2, 0.25) is 0 Å². The minimum absolute atomic E-state index is 0.158. The molecular formula is C35H46N8O4S. The summed E-state index contributed by atoms with van der Waals surface area (Å²) in [5.41, 5.74) is 8.72. The zero-order valence-electron chi connectivity index (χ0n) is 27.6. The lowest BCUT2D eigenvalue weighted by molar-refractivity contribution is 0.0363. The van der Waals surface area contributed by atoms with Crippen LogP contribution < -0.4 is 21.7 Å². The molecule has 2 fully saturated rings. The van der Waals surface area contributed by atoms with Crippen molar-refractivity contribution in [1.82, 2.24) is 24.3 Å². The molecule has 3 aromatic heterocycles. The first-order valence-electron chi connectivity index (χ1n) is 17.0. The number of nitrogens with two attached hydrogens (primary N) is 1. The molecule has 12 nitrogen and oxygen atoms in total. The normalized spacial score (nSPS) is 15.9. The van der Waals surface area contributed by atoms with Crippen molar-refractivity contribution in [2.75, 3.05) is 75.4 Å². The number of aromatic nitrogens is 2. The predicted octanol–water partition coefficient (Wildman–Crippen LogP) is 4.55. The molecule has 0 atom stereocenters. The molecule has 256 valence electrons. The molecule has 2 aliphatic rings. The lowest BCUT2D eigenvalue weighted by Crippen LogP contribution is -2.39. The molecule has 0 unspecified atom stereocenters. The van der Waals surface area contributed by atoms with Crippen LogP contribution in [0.4, 0.5) is 17.1 Å². The molecule has 5 heterocycles. The minimum Gasteiger partial charge on any atom is -0.397 e. The average Bonchev–Trinajstić information content (AvgIpc) is 3.80. The SMILES string of the molecule is CCCn1cc(NC(=O)c2sc3ccccc3c2N)cc1C(=O)Nc1cc(C(=O)NCCN2CCCCC2)n(CCN2CCOCC2)c1. The summed E-state index contributed by atoms with van der Waals surface area (Å²) in [4.78, 5) is 45.5. The maximum absolute atomic E-state index is 13.7. The Balaban J connectivity index is 1.16. The maximum Gasteiger partial charge on any atom is 0.272 e. The van der Waals surface area contributed by atoms with E-state index >= 15 is 0 Å². The van der Waals surface area contributed by atoms with E-state index in [1.165, 1.54) is 30.6 Å². The number of aryl methyl sites for hydroxylation is 1. The van der Waals surface area contributed by atoms with Crippen LogP contribution in [0.5, 0.6) is 0 Å². The molecule has 2 aliphatic heterocycles. The number of nitrogens with zero attached hydrogens (tertiary/aromatic N) is 4. The molecule has 1 aromatic carbocycles. The van der Waals surface area contributed by atoms with E-state index in [4.69, 9.17) is 10.5 Å². The summed E-state index contributed by atoms with van der Waals surface area (Å²) < 4.78 is 10.2. The summed E-state index contributed by atoms with van der Waals surface area (Å²) in [7, 11) is 0. The topological polar surface area (TPSA) is 139 Å². The van der Waals surface area contributed by atoms with Gasteiger partial charge in [0, 0.05) is 68.3 Å². The molecule has 0 radical (unpaired) electrons. The Morgan fingerprint density at radius 3 is 2.15 bits per heavy atom. The second-order valence-electron chi connectivity index (χ2n) is 12.5. The van der Waals surface area contributed by atoms with Crippen LogP contribution in [0.25, 0.3) is 10.1 Å². The van der Waals surface area contributed by atoms with Gasteiger partial charge in [-0.2, -0.15) is 0 Å². The van der Waals surface area contributed by atoms with Gasteiger partial charge >= 0.3 is 0 Å². The summed E-state index contributed by atoms with van der Waals surface area (Å²) in [5, 5.41) is 9.89. The summed E-state index contributed by atoms with van der Waals surface area (Å²) in [5.74, 6) is -0.801. The van der Waals surface area contributed by atoms with Crippen LogP contribution >= 0.6 is 11.3 Å². The Hall–Kier alpha value is -4.17. The van der Waals surface area contributed by atoms with Crippen LogP contribution in [0.15, 0.2) is 48.8 Å². The van der Waals surface area contributed by atoms with Crippen molar-refractivity contribution in [3.63, 3.8) is 0 Å². The standard InChI is InChI=1S/C35H46N8O4S/c1-2-11-42-23-26(39-35(46)32-31(36)27-8-4-5-9-30(27)48-32)22-29(42)34(45)38-25-21-28(33(44)37-10-14-40-12-6-3-7-13-40)43(24-25)16-15-41-17-19-47-20-18-41/h4-5,8-9,21-24H,2-3,6-7,10-20,36H2,1H3,(H,37,44)(H,38,45)(H,39,46). The van der Waals surface area contributed by atoms with Gasteiger partial charge in [0.05, 0.1) is 30.3 Å². The van der Waals surface area contributed by atoms with Gasteiger partial charge < -0.3 is 40.5 Å². The van der Waals surface area contributed by atoms with Gasteiger partial charge in [-0.05, 0) is 50.6 Å². The third-order valence-corrected chi connectivity index (χ3v) is 10.2. The largest absolute Gasteiger partial charge is 0.397 e. The van der Waals surface area contributed by atoms with Gasteiger partial charge in [0.15, 0.2) is 0 Å². The molecule has 0 spiro atoms. The fourth-order valence-corrected chi connectivity index (χ4v) is 7.46. The first kappa shape index (κ1) is 33.7. The summed E-state index contributed by atoms with van der Waals surface area (Å²) in [6.07, 6.45) is 8.08. The van der Waals surface area contributed by atoms with Crippen molar-refractivity contribution in [3.8, 4) is 0 Å². The highest BCUT2D eigenvalue weighted by molar-refractivity contribution is 7.21. The number of thiophene rings is 1. The number of nitrogens with one attached hydrogen (secondary N) is 3. The molecule has 2 saturated heterocycles. The number of nitrogen functional groups attached to an aromatic ring is 1. The number of ether oxygens (including phenoxy) is 1. The Morgan fingerprint density at radius 2 is 1.44 bits per heavy atom. The number of carbonyl (C=O) groups is 3. The van der Waals surface area contributed by atoms with E-state index in [0.29, 0.717) is 66.2 Å². The molecule has 4 aromatic rings. The van der Waals surface area contributed by atoms with Gasteiger partial charge in [-0.15, -0.1) is 11.3 Å². The molecule has 0 saturated carbocycles. The average molecular weight is 675 g/mol. The summed E-state index contributed by atoms with van der Waals surface area (Å²) in [6.45, 7) is 10.7. The monoisotopic (exact) mass is 674 g/mol. The number of anilines is 3. The zero-order valence-corrected chi connectivity index (χ0v) is 28.4. The smallest absolute Gasteiger partial charge is 0.272 e. The van der Waals surface area contributed by atoms with Crippen LogP contribution in [0, 0.1) is 0 Å². The Bertz CT molecular complexity index is 1730. The second kappa shape index (κ2) is 15.8. The number of morpholine rings is 1. The number of fused-ring (bicyclic) bond motifs is 1. The van der Waals surface area contributed by atoms with E-state index in [0.717, 1.165) is 55.8 Å². The lowest BCUT2D eigenvalue weighted by atomic mass is 10.1. The number of likely N-dealkylation sites (tertiary alicyclic amines) is 1. The molecule has 48 heavy (non-hydrogen) atoms. The van der Waals surface area contributed by atoms with Crippen molar-refractivity contribution >= 4 is 56.2 Å². The van der Waals surface area contributed by atoms with Gasteiger partial charge in [0.25, 0.3) is 17.7 Å². The quantitative estimate of drug-likeness (QED) is 0.163. The molecule has 3 amide bonds. The van der Waals surface area contributed by atoms with Crippen molar-refractivity contribution in [2.45, 2.75) is 45.7 Å². The molecule has 5 N–H and O–H groups in total. The fraction of sp³-hybridized carbons (Fsp3) is 0.457. The van der Waals surface area contributed by atoms with Crippen molar-refractivity contribution in [1.29, 1.82) is 0 Å². The molecule has 0 aliphatic carbocycles. The number of rotatable bonds is 13. The van der Waals surface area contributed by atoms with Crippen molar-refractivity contribution in [3.05, 3.63) is 65.1 Å². The van der Waals surface area contributed by atoms with Gasteiger partial charge in [0.2, 0.25) is 0 Å². The van der Waals surface area contributed by atoms with Crippen LogP contribution in [-0.2, 0) is 17.8 Å². The van der Waals surface area contributed by atoms with Crippen molar-refractivity contribution in [2.24, 2.45) is 0 Å². The van der Waals surface area contributed by atoms with Crippen LogP contribution in [0.1, 0.15) is 63.3 Å². The number of carbonyl (C=O) groups excluding carboxylic acids is 3. The zero-order chi connectivity index (χ0) is 33.5. The number of piperidine rings is 1. The first-order valence-corrected chi connectivity index (χ1v) is 17.8. The Kier molecular flexibility index (Phi) is 11.1. The number of amides is 3. The van der Waals surface area contributed by atoms with E-state index in [1.807, 2.05) is 46.5 Å². The van der Waals surface area contributed by atoms with Crippen LogP contribution in [0.3, 0.4) is 0 Å². The number of hydrogen-bond donors (Lipinski definition) is 4. The van der Waals surface area contributed by atoms with Gasteiger partial charge in [-0.1, -0.05) is 31.5 Å². The summed E-state index contributed by atoms with van der Waals surface area (Å²) in [6, 6.07) is 11.1. The highest BCUT2D eigenvalue weighted by atomic mass is 32.1. The van der Waals surface area contributed by atoms with E-state index in [9.17, 15) is 14.4 Å². The molecule has 13 heteroatoms. The Morgan fingerprint density at radius 1 is 0.792 bits per heavy atom. The first-order chi connectivity index (χ1) is 23.4. The highest BCUT2D eigenvalue weighted by Gasteiger charge is 2.22. The molecular weight excluding hydrogens is 629 g/mol. The summed E-state index contributed by atoms with van der Waals surface area (Å²) >= 11 is 1.34. The third kappa shape index (κ3) is 8.09. The van der Waals surface area contributed by atoms with Crippen LogP contribution in [-0.4, -0.2) is 95.7 Å². The molecule has 0 bridgehead atoms. The minimum atomic E-state index is -0.326. The number of benzene rings is 1. The molecule has 6 rings (SSSR count). The lowest BCUT2D eigenvalue weighted by Gasteiger charge is -2.27. The Labute approximate surface area is 285 Å². The fourth-order valence-electron chi connectivity index (χ4n) is 6.44. The maximum atomic E-state index is 13.7. The van der Waals surface area contributed by atoms with E-state index in [2.05, 4.69) is 25.8 Å². The number of hydrogen-bond acceptors (Lipinski definition) is 8. The van der Waals surface area contributed by atoms with Crippen molar-refractivity contribution < 1.29 is 19.1 Å². The van der Waals surface area contributed by atoms with E-state index in [-0.39, 0.29) is 17.7 Å².